The normalized spacial score (nSPS) is 16.5. The zero-order chi connectivity index (χ0) is 14.2. The number of ether oxygens (including phenoxy) is 2. The van der Waals surface area contributed by atoms with Gasteiger partial charge in [-0.3, -0.25) is 9.59 Å². The Bertz CT molecular complexity index is 577. The summed E-state index contributed by atoms with van der Waals surface area (Å²) in [6.45, 7) is 6.97. The predicted molar refractivity (Wildman–Crippen MR) is 70.9 cm³/mol. The summed E-state index contributed by atoms with van der Waals surface area (Å²) < 4.78 is 10.8. The summed E-state index contributed by atoms with van der Waals surface area (Å²) in [5, 5.41) is -0.669. The number of rotatable bonds is 3. The molecule has 1 aromatic carbocycles. The van der Waals surface area contributed by atoms with E-state index >= 15 is 0 Å². The molecule has 1 aromatic rings. The lowest BCUT2D eigenvalue weighted by Gasteiger charge is -2.09. The summed E-state index contributed by atoms with van der Waals surface area (Å²) in [6, 6.07) is 3.15. The fourth-order valence-electron chi connectivity index (χ4n) is 1.98. The summed E-state index contributed by atoms with van der Waals surface area (Å²) >= 11 is 5.50. The molecule has 19 heavy (non-hydrogen) atoms. The summed E-state index contributed by atoms with van der Waals surface area (Å²) in [4.78, 5) is 22.5. The summed E-state index contributed by atoms with van der Waals surface area (Å²) in [6.07, 6.45) is 0.329. The fraction of sp³-hybridized carbons (Fsp3) is 0.286. The molecular weight excluding hydrogens is 268 g/mol. The van der Waals surface area contributed by atoms with Gasteiger partial charge in [0.25, 0.3) is 5.24 Å². The molecule has 0 N–H and O–H groups in total. The third kappa shape index (κ3) is 2.63. The van der Waals surface area contributed by atoms with Crippen molar-refractivity contribution in [2.24, 2.45) is 0 Å². The molecule has 0 bridgehead atoms. The minimum absolute atomic E-state index is 0.168. The van der Waals surface area contributed by atoms with E-state index in [-0.39, 0.29) is 17.4 Å². The second-order valence-electron chi connectivity index (χ2n) is 4.44. The highest BCUT2D eigenvalue weighted by Gasteiger charge is 2.30. The van der Waals surface area contributed by atoms with Crippen molar-refractivity contribution in [3.63, 3.8) is 0 Å². The Kier molecular flexibility index (Phi) is 3.62. The Morgan fingerprint density at radius 1 is 1.42 bits per heavy atom. The lowest BCUT2D eigenvalue weighted by Crippen LogP contribution is -2.13. The van der Waals surface area contributed by atoms with Gasteiger partial charge in [0.2, 0.25) is 0 Å². The van der Waals surface area contributed by atoms with E-state index in [1.54, 1.807) is 6.07 Å². The van der Waals surface area contributed by atoms with E-state index in [0.717, 1.165) is 5.57 Å². The van der Waals surface area contributed by atoms with Crippen LogP contribution in [0.1, 0.15) is 29.8 Å². The van der Waals surface area contributed by atoms with Crippen LogP contribution in [0, 0.1) is 0 Å². The fourth-order valence-corrected chi connectivity index (χ4v) is 2.13. The molecule has 0 aromatic heterocycles. The van der Waals surface area contributed by atoms with Crippen molar-refractivity contribution in [3.8, 4) is 11.5 Å². The van der Waals surface area contributed by atoms with E-state index in [2.05, 4.69) is 6.58 Å². The monoisotopic (exact) mass is 280 g/mol. The van der Waals surface area contributed by atoms with Crippen molar-refractivity contribution >= 4 is 22.8 Å². The number of halogens is 1. The average molecular weight is 281 g/mol. The molecule has 0 unspecified atom stereocenters. The molecule has 0 aliphatic carbocycles. The van der Waals surface area contributed by atoms with E-state index in [4.69, 9.17) is 21.1 Å². The minimum atomic E-state index is -0.669. The molecule has 4 nitrogen and oxygen atoms in total. The molecule has 0 amide bonds. The van der Waals surface area contributed by atoms with Gasteiger partial charge in [-0.2, -0.15) is 0 Å². The third-order valence-electron chi connectivity index (χ3n) is 2.88. The number of esters is 1. The van der Waals surface area contributed by atoms with E-state index in [1.807, 2.05) is 6.92 Å². The van der Waals surface area contributed by atoms with Gasteiger partial charge < -0.3 is 9.47 Å². The summed E-state index contributed by atoms with van der Waals surface area (Å²) in [7, 11) is 0. The van der Waals surface area contributed by atoms with Crippen LogP contribution in [0.5, 0.6) is 11.5 Å². The van der Waals surface area contributed by atoms with Gasteiger partial charge in [0.15, 0.2) is 0 Å². The van der Waals surface area contributed by atoms with Gasteiger partial charge in [-0.15, -0.1) is 0 Å². The Morgan fingerprint density at radius 3 is 2.63 bits per heavy atom. The zero-order valence-corrected chi connectivity index (χ0v) is 11.4. The van der Waals surface area contributed by atoms with Gasteiger partial charge >= 0.3 is 5.97 Å². The van der Waals surface area contributed by atoms with Crippen molar-refractivity contribution in [3.05, 3.63) is 35.4 Å². The highest BCUT2D eigenvalue weighted by atomic mass is 35.5. The topological polar surface area (TPSA) is 52.6 Å². The van der Waals surface area contributed by atoms with E-state index in [9.17, 15) is 9.59 Å². The highest BCUT2D eigenvalue weighted by molar-refractivity contribution is 6.68. The van der Waals surface area contributed by atoms with Crippen molar-refractivity contribution < 1.29 is 19.1 Å². The first-order chi connectivity index (χ1) is 8.90. The zero-order valence-electron chi connectivity index (χ0n) is 10.7. The number of carbonyl (C=O) groups excluding carboxylic acids is 2. The molecule has 1 aliphatic rings. The molecule has 1 atom stereocenters. The van der Waals surface area contributed by atoms with Crippen LogP contribution in [-0.2, 0) is 11.2 Å². The molecule has 0 saturated carbocycles. The number of hydrogen-bond acceptors (Lipinski definition) is 4. The Balaban J connectivity index is 2.50. The Hall–Kier alpha value is -1.81. The molecule has 2 rings (SSSR count). The van der Waals surface area contributed by atoms with Crippen molar-refractivity contribution in [1.82, 2.24) is 0 Å². The molecular formula is C14H13ClO4. The smallest absolute Gasteiger partial charge is 0.308 e. The maximum atomic E-state index is 11.4. The molecule has 0 fully saturated rings. The number of hydrogen-bond donors (Lipinski definition) is 0. The van der Waals surface area contributed by atoms with E-state index in [0.29, 0.717) is 17.7 Å². The Morgan fingerprint density at radius 2 is 2.11 bits per heavy atom. The van der Waals surface area contributed by atoms with Gasteiger partial charge in [-0.25, -0.2) is 0 Å². The highest BCUT2D eigenvalue weighted by Crippen LogP contribution is 2.40. The quantitative estimate of drug-likeness (QED) is 0.370. The number of benzene rings is 1. The summed E-state index contributed by atoms with van der Waals surface area (Å²) in [5.74, 6) is 0.269. The second-order valence-corrected chi connectivity index (χ2v) is 4.79. The maximum Gasteiger partial charge on any atom is 0.308 e. The lowest BCUT2D eigenvalue weighted by molar-refractivity contribution is -0.131. The van der Waals surface area contributed by atoms with Gasteiger partial charge in [-0.05, 0) is 36.2 Å². The molecule has 100 valence electrons. The van der Waals surface area contributed by atoms with Crippen LogP contribution in [-0.4, -0.2) is 17.3 Å². The largest absolute Gasteiger partial charge is 0.485 e. The molecule has 0 radical (unpaired) electrons. The molecule has 1 aliphatic heterocycles. The molecule has 5 heteroatoms. The van der Waals surface area contributed by atoms with Crippen molar-refractivity contribution in [2.45, 2.75) is 26.4 Å². The standard InChI is InChI=1S/C14H13ClO4/c1-7(2)12-6-10-11(19-12)5-4-9(14(15)17)13(10)18-8(3)16/h4-5,12H,1,6H2,2-3H3/t12-/m1/s1. The minimum Gasteiger partial charge on any atom is -0.485 e. The van der Waals surface area contributed by atoms with E-state index in [1.165, 1.54) is 13.0 Å². The van der Waals surface area contributed by atoms with Gasteiger partial charge in [-0.1, -0.05) is 6.58 Å². The maximum absolute atomic E-state index is 11.4. The van der Waals surface area contributed by atoms with Crippen LogP contribution in [0.3, 0.4) is 0 Å². The van der Waals surface area contributed by atoms with Crippen LogP contribution in [0.15, 0.2) is 24.3 Å². The van der Waals surface area contributed by atoms with E-state index < -0.39 is 11.2 Å². The van der Waals surface area contributed by atoms with Crippen molar-refractivity contribution in [1.29, 1.82) is 0 Å². The van der Waals surface area contributed by atoms with Crippen molar-refractivity contribution in [2.75, 3.05) is 0 Å². The van der Waals surface area contributed by atoms with Gasteiger partial charge in [0, 0.05) is 18.9 Å². The average Bonchev–Trinajstić information content (AvgIpc) is 2.72. The summed E-state index contributed by atoms with van der Waals surface area (Å²) in [5.41, 5.74) is 1.71. The molecule has 0 spiro atoms. The Labute approximate surface area is 116 Å². The molecule has 0 saturated heterocycles. The van der Waals surface area contributed by atoms with Crippen LogP contribution in [0.2, 0.25) is 0 Å². The first-order valence-corrected chi connectivity index (χ1v) is 6.14. The third-order valence-corrected chi connectivity index (χ3v) is 3.09. The van der Waals surface area contributed by atoms with Gasteiger partial charge in [0.05, 0.1) is 5.56 Å². The van der Waals surface area contributed by atoms with Crippen LogP contribution < -0.4 is 9.47 Å². The predicted octanol–water partition coefficient (Wildman–Crippen LogP) is 2.87. The SMILES string of the molecule is C=C(C)[C@H]1Cc2c(ccc(C(=O)Cl)c2OC(C)=O)O1. The first-order valence-electron chi connectivity index (χ1n) is 5.76. The van der Waals surface area contributed by atoms with Crippen LogP contribution in [0.25, 0.3) is 0 Å². The van der Waals surface area contributed by atoms with Crippen LogP contribution >= 0.6 is 11.6 Å². The second kappa shape index (κ2) is 5.05. The molecule has 1 heterocycles. The number of carbonyl (C=O) groups is 2. The van der Waals surface area contributed by atoms with Gasteiger partial charge in [0.1, 0.15) is 17.6 Å². The first kappa shape index (κ1) is 13.6. The lowest BCUT2D eigenvalue weighted by atomic mass is 10.0. The number of fused-ring (bicyclic) bond motifs is 1. The van der Waals surface area contributed by atoms with Crippen LogP contribution in [0.4, 0.5) is 0 Å².